The molecule has 0 radical (unpaired) electrons. The predicted octanol–water partition coefficient (Wildman–Crippen LogP) is 4.66. The van der Waals surface area contributed by atoms with Crippen molar-refractivity contribution >= 4 is 27.6 Å². The average molecular weight is 490 g/mol. The summed E-state index contributed by atoms with van der Waals surface area (Å²) < 4.78 is 38.5. The van der Waals surface area contributed by atoms with Crippen LogP contribution in [-0.2, 0) is 15.8 Å². The second-order valence-corrected chi connectivity index (χ2v) is 9.96. The van der Waals surface area contributed by atoms with Gasteiger partial charge in [0.25, 0.3) is 5.22 Å². The number of ether oxygens (including phenoxy) is 1. The number of rotatable bonds is 11. The van der Waals surface area contributed by atoms with Gasteiger partial charge in [-0.05, 0) is 50.2 Å². The summed E-state index contributed by atoms with van der Waals surface area (Å²) in [7, 11) is -3.60. The van der Waals surface area contributed by atoms with Gasteiger partial charge >= 0.3 is 0 Å². The Hall–Kier alpha value is -2.69. The molecule has 10 heteroatoms. The maximum absolute atomic E-state index is 12.8. The lowest BCUT2D eigenvalue weighted by Crippen LogP contribution is -2.30. The van der Waals surface area contributed by atoms with Crippen molar-refractivity contribution in [2.75, 3.05) is 19.7 Å². The normalized spacial score (nSPS) is 11.7. The summed E-state index contributed by atoms with van der Waals surface area (Å²) in [4.78, 5) is 11.9. The van der Waals surface area contributed by atoms with Gasteiger partial charge in [0.15, 0.2) is 5.78 Å². The third-order valence-corrected chi connectivity index (χ3v) is 7.86. The van der Waals surface area contributed by atoms with Crippen LogP contribution in [0.3, 0.4) is 0 Å². The van der Waals surface area contributed by atoms with Crippen LogP contribution in [0.5, 0.6) is 5.75 Å². The zero-order valence-corrected chi connectivity index (χ0v) is 20.7. The monoisotopic (exact) mass is 489 g/mol. The van der Waals surface area contributed by atoms with E-state index in [0.717, 1.165) is 5.56 Å². The highest BCUT2D eigenvalue weighted by molar-refractivity contribution is 7.98. The second-order valence-electron chi connectivity index (χ2n) is 7.09. The number of nitrogens with zero attached hydrogens (tertiary/aromatic N) is 3. The van der Waals surface area contributed by atoms with E-state index in [1.807, 2.05) is 6.92 Å². The van der Waals surface area contributed by atoms with E-state index in [1.165, 1.54) is 23.0 Å². The van der Waals surface area contributed by atoms with Gasteiger partial charge in [-0.1, -0.05) is 31.7 Å². The summed E-state index contributed by atoms with van der Waals surface area (Å²) in [6.45, 7) is 8.30. The Bertz CT molecular complexity index is 1220. The number of thioether (sulfide) groups is 1. The molecule has 1 aromatic heterocycles. The molecular formula is C23H27N3O5S2. The molecule has 0 aliphatic rings. The number of Topliss-reactive ketones (excluding diaryl/α,β-unsaturated/α-hetero) is 1. The van der Waals surface area contributed by atoms with Gasteiger partial charge in [-0.3, -0.25) is 4.79 Å². The number of benzene rings is 2. The van der Waals surface area contributed by atoms with Crippen LogP contribution >= 0.6 is 11.8 Å². The van der Waals surface area contributed by atoms with Gasteiger partial charge < -0.3 is 9.15 Å². The molecule has 0 aliphatic carbocycles. The highest BCUT2D eigenvalue weighted by atomic mass is 32.2. The van der Waals surface area contributed by atoms with Gasteiger partial charge in [-0.2, -0.15) is 4.31 Å². The molecule has 0 atom stereocenters. The van der Waals surface area contributed by atoms with Crippen molar-refractivity contribution in [1.29, 1.82) is 0 Å². The lowest BCUT2D eigenvalue weighted by Gasteiger charge is -2.18. The Morgan fingerprint density at radius 2 is 1.85 bits per heavy atom. The fourth-order valence-corrected chi connectivity index (χ4v) is 5.48. The van der Waals surface area contributed by atoms with Crippen molar-refractivity contribution in [3.05, 3.63) is 53.6 Å². The van der Waals surface area contributed by atoms with Crippen LogP contribution < -0.4 is 4.74 Å². The molecule has 0 aliphatic heterocycles. The molecule has 0 bridgehead atoms. The van der Waals surface area contributed by atoms with E-state index in [-0.39, 0.29) is 16.6 Å². The van der Waals surface area contributed by atoms with Gasteiger partial charge in [0.1, 0.15) is 5.75 Å². The van der Waals surface area contributed by atoms with Crippen molar-refractivity contribution in [3.8, 4) is 17.2 Å². The molecule has 176 valence electrons. The predicted molar refractivity (Wildman–Crippen MR) is 127 cm³/mol. The molecule has 3 rings (SSSR count). The standard InChI is InChI=1S/C23H27N3O5S2/c1-5-26(6-2)33(28,29)20-10-8-9-18(14-20)22-24-25-23(31-22)32-15-19-13-17(16(4)27)11-12-21(19)30-7-3/h8-14H,5-7,15H2,1-4H3. The van der Waals surface area contributed by atoms with Crippen molar-refractivity contribution in [3.63, 3.8) is 0 Å². The number of aromatic nitrogens is 2. The molecule has 0 spiro atoms. The number of ketones is 1. The zero-order chi connectivity index (χ0) is 24.0. The SMILES string of the molecule is CCOc1ccc(C(C)=O)cc1CSc1nnc(-c2cccc(S(=O)(=O)N(CC)CC)c2)o1. The minimum Gasteiger partial charge on any atom is -0.494 e. The van der Waals surface area contributed by atoms with E-state index in [9.17, 15) is 13.2 Å². The lowest BCUT2D eigenvalue weighted by molar-refractivity contribution is 0.101. The fourth-order valence-electron chi connectivity index (χ4n) is 3.23. The molecule has 0 N–H and O–H groups in total. The highest BCUT2D eigenvalue weighted by Crippen LogP contribution is 2.31. The minimum atomic E-state index is -3.60. The summed E-state index contributed by atoms with van der Waals surface area (Å²) in [6.07, 6.45) is 0. The maximum Gasteiger partial charge on any atom is 0.277 e. The first-order valence-corrected chi connectivity index (χ1v) is 13.1. The van der Waals surface area contributed by atoms with Crippen molar-refractivity contribution < 1.29 is 22.4 Å². The van der Waals surface area contributed by atoms with Gasteiger partial charge in [0, 0.05) is 35.5 Å². The van der Waals surface area contributed by atoms with Crippen molar-refractivity contribution in [2.24, 2.45) is 0 Å². The van der Waals surface area contributed by atoms with Gasteiger partial charge in [0.05, 0.1) is 11.5 Å². The minimum absolute atomic E-state index is 0.0241. The van der Waals surface area contributed by atoms with E-state index in [1.54, 1.807) is 56.3 Å². The molecule has 0 unspecified atom stereocenters. The third kappa shape index (κ3) is 5.82. The Balaban J connectivity index is 1.80. The van der Waals surface area contributed by atoms with Crippen LogP contribution in [0.15, 0.2) is 57.0 Å². The molecule has 3 aromatic rings. The molecule has 0 saturated carbocycles. The Morgan fingerprint density at radius 3 is 2.52 bits per heavy atom. The first-order valence-electron chi connectivity index (χ1n) is 10.6. The molecular weight excluding hydrogens is 462 g/mol. The van der Waals surface area contributed by atoms with Crippen LogP contribution in [0.4, 0.5) is 0 Å². The van der Waals surface area contributed by atoms with Gasteiger partial charge in [0.2, 0.25) is 15.9 Å². The van der Waals surface area contributed by atoms with Crippen LogP contribution in [0.25, 0.3) is 11.5 Å². The summed E-state index contributed by atoms with van der Waals surface area (Å²) in [5.74, 6) is 1.37. The summed E-state index contributed by atoms with van der Waals surface area (Å²) in [6, 6.07) is 11.8. The Kier molecular flexibility index (Phi) is 8.28. The van der Waals surface area contributed by atoms with E-state index in [4.69, 9.17) is 9.15 Å². The van der Waals surface area contributed by atoms with E-state index >= 15 is 0 Å². The molecule has 2 aromatic carbocycles. The Morgan fingerprint density at radius 1 is 1.09 bits per heavy atom. The number of carbonyl (C=O) groups excluding carboxylic acids is 1. The summed E-state index contributed by atoms with van der Waals surface area (Å²) in [5, 5.41) is 8.49. The molecule has 8 nitrogen and oxygen atoms in total. The fraction of sp³-hybridized carbons (Fsp3) is 0.348. The number of hydrogen-bond donors (Lipinski definition) is 0. The quantitative estimate of drug-likeness (QED) is 0.283. The number of hydrogen-bond acceptors (Lipinski definition) is 8. The van der Waals surface area contributed by atoms with E-state index in [2.05, 4.69) is 10.2 Å². The van der Waals surface area contributed by atoms with Gasteiger partial charge in [-0.25, -0.2) is 8.42 Å². The van der Waals surface area contributed by atoms with Crippen molar-refractivity contribution in [1.82, 2.24) is 14.5 Å². The van der Waals surface area contributed by atoms with E-state index < -0.39 is 10.0 Å². The Labute approximate surface area is 198 Å². The second kappa shape index (κ2) is 11.0. The third-order valence-electron chi connectivity index (χ3n) is 4.95. The maximum atomic E-state index is 12.8. The number of sulfonamides is 1. The van der Waals surface area contributed by atoms with Gasteiger partial charge in [-0.15, -0.1) is 10.2 Å². The molecule has 33 heavy (non-hydrogen) atoms. The summed E-state index contributed by atoms with van der Waals surface area (Å²) >= 11 is 1.31. The number of carbonyl (C=O) groups is 1. The smallest absolute Gasteiger partial charge is 0.277 e. The summed E-state index contributed by atoms with van der Waals surface area (Å²) in [5.41, 5.74) is 1.98. The average Bonchev–Trinajstić information content (AvgIpc) is 3.28. The topological polar surface area (TPSA) is 103 Å². The highest BCUT2D eigenvalue weighted by Gasteiger charge is 2.22. The van der Waals surface area contributed by atoms with Crippen LogP contribution in [-0.4, -0.2) is 48.4 Å². The van der Waals surface area contributed by atoms with E-state index in [0.29, 0.717) is 47.5 Å². The van der Waals surface area contributed by atoms with Crippen LogP contribution in [0, 0.1) is 0 Å². The van der Waals surface area contributed by atoms with Crippen LogP contribution in [0.1, 0.15) is 43.6 Å². The molecule has 0 saturated heterocycles. The first kappa shape index (κ1) is 24.9. The largest absolute Gasteiger partial charge is 0.494 e. The molecule has 0 amide bonds. The zero-order valence-electron chi connectivity index (χ0n) is 19.1. The molecule has 1 heterocycles. The van der Waals surface area contributed by atoms with Crippen molar-refractivity contribution in [2.45, 2.75) is 43.6 Å². The lowest BCUT2D eigenvalue weighted by atomic mass is 10.1. The van der Waals surface area contributed by atoms with Crippen LogP contribution in [0.2, 0.25) is 0 Å². The first-order chi connectivity index (χ1) is 15.8. The molecule has 0 fully saturated rings.